The first-order chi connectivity index (χ1) is 13.0. The van der Waals surface area contributed by atoms with Crippen molar-refractivity contribution in [2.45, 2.75) is 24.2 Å². The number of hydrogen-bond donors (Lipinski definition) is 2. The van der Waals surface area contributed by atoms with Crippen LogP contribution in [0.25, 0.3) is 0 Å². The predicted molar refractivity (Wildman–Crippen MR) is 98.7 cm³/mol. The lowest BCUT2D eigenvalue weighted by atomic mass is 10.3. The fourth-order valence-corrected chi connectivity index (χ4v) is 4.31. The van der Waals surface area contributed by atoms with E-state index >= 15 is 0 Å². The van der Waals surface area contributed by atoms with E-state index in [1.54, 1.807) is 18.2 Å². The zero-order valence-corrected chi connectivity index (χ0v) is 15.5. The van der Waals surface area contributed by atoms with Gasteiger partial charge in [-0.3, -0.25) is 9.59 Å². The number of anilines is 1. The maximum atomic E-state index is 12.5. The fourth-order valence-electron chi connectivity index (χ4n) is 2.80. The molecular weight excluding hydrogens is 370 g/mol. The molecule has 0 saturated carbocycles. The molecule has 1 fully saturated rings. The van der Waals surface area contributed by atoms with Crippen LogP contribution in [0.2, 0.25) is 0 Å². The van der Waals surface area contributed by atoms with E-state index in [0.717, 1.165) is 12.8 Å². The van der Waals surface area contributed by atoms with Crippen molar-refractivity contribution < 1.29 is 22.4 Å². The van der Waals surface area contributed by atoms with E-state index in [4.69, 9.17) is 4.42 Å². The largest absolute Gasteiger partial charge is 0.459 e. The second-order valence-electron chi connectivity index (χ2n) is 6.17. The van der Waals surface area contributed by atoms with Crippen molar-refractivity contribution >= 4 is 27.5 Å². The van der Waals surface area contributed by atoms with Gasteiger partial charge >= 0.3 is 0 Å². The predicted octanol–water partition coefficient (Wildman–Crippen LogP) is 1.82. The van der Waals surface area contributed by atoms with Gasteiger partial charge < -0.3 is 15.1 Å². The van der Waals surface area contributed by atoms with Gasteiger partial charge in [-0.25, -0.2) is 8.42 Å². The van der Waals surface area contributed by atoms with Crippen molar-refractivity contribution in [3.05, 3.63) is 48.4 Å². The quantitative estimate of drug-likeness (QED) is 0.748. The van der Waals surface area contributed by atoms with Gasteiger partial charge in [0.05, 0.1) is 11.2 Å². The SMILES string of the molecule is O=C(CCNC(=O)c1ccco1)Nc1ccc(S(=O)(=O)N2CCCC2)cc1. The van der Waals surface area contributed by atoms with Gasteiger partial charge in [0.25, 0.3) is 5.91 Å². The highest BCUT2D eigenvalue weighted by Gasteiger charge is 2.26. The molecule has 2 heterocycles. The number of hydrogen-bond acceptors (Lipinski definition) is 5. The Morgan fingerprint density at radius 1 is 1.07 bits per heavy atom. The van der Waals surface area contributed by atoms with Crippen LogP contribution in [0.1, 0.15) is 29.8 Å². The summed E-state index contributed by atoms with van der Waals surface area (Å²) in [6.07, 6.45) is 3.24. The van der Waals surface area contributed by atoms with Gasteiger partial charge in [0, 0.05) is 31.7 Å². The fraction of sp³-hybridized carbons (Fsp3) is 0.333. The molecule has 144 valence electrons. The number of nitrogens with zero attached hydrogens (tertiary/aromatic N) is 1. The third-order valence-electron chi connectivity index (χ3n) is 4.22. The first-order valence-corrected chi connectivity index (χ1v) is 10.1. The molecule has 2 amide bonds. The zero-order valence-electron chi connectivity index (χ0n) is 14.7. The van der Waals surface area contributed by atoms with Crippen LogP contribution < -0.4 is 10.6 Å². The molecule has 1 aliphatic rings. The Morgan fingerprint density at radius 3 is 2.41 bits per heavy atom. The average molecular weight is 391 g/mol. The van der Waals surface area contributed by atoms with Crippen molar-refractivity contribution in [2.75, 3.05) is 25.0 Å². The summed E-state index contributed by atoms with van der Waals surface area (Å²) in [5.74, 6) is -0.487. The van der Waals surface area contributed by atoms with Crippen LogP contribution in [0.15, 0.2) is 52.0 Å². The van der Waals surface area contributed by atoms with Gasteiger partial charge in [0.15, 0.2) is 5.76 Å². The molecule has 3 rings (SSSR count). The van der Waals surface area contributed by atoms with E-state index < -0.39 is 10.0 Å². The Hall–Kier alpha value is -2.65. The number of rotatable bonds is 7. The molecule has 0 radical (unpaired) electrons. The minimum Gasteiger partial charge on any atom is -0.459 e. The van der Waals surface area contributed by atoms with E-state index in [-0.39, 0.29) is 35.4 Å². The minimum absolute atomic E-state index is 0.0836. The van der Waals surface area contributed by atoms with Gasteiger partial charge in [-0.05, 0) is 49.2 Å². The number of nitrogens with one attached hydrogen (secondary N) is 2. The van der Waals surface area contributed by atoms with Gasteiger partial charge in [0.2, 0.25) is 15.9 Å². The Kier molecular flexibility index (Phi) is 5.92. The number of furan rings is 1. The van der Waals surface area contributed by atoms with Crippen LogP contribution in [-0.2, 0) is 14.8 Å². The molecule has 0 bridgehead atoms. The highest BCUT2D eigenvalue weighted by Crippen LogP contribution is 2.22. The first-order valence-electron chi connectivity index (χ1n) is 8.68. The summed E-state index contributed by atoms with van der Waals surface area (Å²) in [5.41, 5.74) is 0.498. The molecule has 0 unspecified atom stereocenters. The van der Waals surface area contributed by atoms with Crippen LogP contribution >= 0.6 is 0 Å². The molecule has 0 spiro atoms. The molecule has 1 aromatic heterocycles. The summed E-state index contributed by atoms with van der Waals surface area (Å²) < 4.78 is 31.4. The smallest absolute Gasteiger partial charge is 0.286 e. The molecule has 1 saturated heterocycles. The molecule has 0 aliphatic carbocycles. The number of amides is 2. The molecule has 2 N–H and O–H groups in total. The Labute approximate surface area is 157 Å². The summed E-state index contributed by atoms with van der Waals surface area (Å²) in [5, 5.41) is 5.26. The molecule has 9 heteroatoms. The number of carbonyl (C=O) groups is 2. The Balaban J connectivity index is 1.49. The molecule has 27 heavy (non-hydrogen) atoms. The summed E-state index contributed by atoms with van der Waals surface area (Å²) in [4.78, 5) is 23.9. The number of carbonyl (C=O) groups excluding carboxylic acids is 2. The second kappa shape index (κ2) is 8.36. The second-order valence-corrected chi connectivity index (χ2v) is 8.10. The van der Waals surface area contributed by atoms with Crippen molar-refractivity contribution in [1.82, 2.24) is 9.62 Å². The Morgan fingerprint density at radius 2 is 1.78 bits per heavy atom. The van der Waals surface area contributed by atoms with E-state index in [1.165, 1.54) is 28.8 Å². The summed E-state index contributed by atoms with van der Waals surface area (Å²) >= 11 is 0. The molecule has 1 aromatic carbocycles. The first kappa shape index (κ1) is 19.1. The third-order valence-corrected chi connectivity index (χ3v) is 6.14. The van der Waals surface area contributed by atoms with Crippen LogP contribution in [0.5, 0.6) is 0 Å². The van der Waals surface area contributed by atoms with E-state index in [2.05, 4.69) is 10.6 Å². The molecule has 0 atom stereocenters. The van der Waals surface area contributed by atoms with E-state index in [9.17, 15) is 18.0 Å². The zero-order chi connectivity index (χ0) is 19.3. The normalized spacial score (nSPS) is 14.8. The maximum Gasteiger partial charge on any atom is 0.286 e. The summed E-state index contributed by atoms with van der Waals surface area (Å²) in [7, 11) is -3.46. The Bertz CT molecular complexity index is 886. The van der Waals surface area contributed by atoms with Gasteiger partial charge in [-0.15, -0.1) is 0 Å². The third kappa shape index (κ3) is 4.75. The number of sulfonamides is 1. The van der Waals surface area contributed by atoms with Crippen molar-refractivity contribution in [3.63, 3.8) is 0 Å². The average Bonchev–Trinajstić information content (AvgIpc) is 3.36. The maximum absolute atomic E-state index is 12.5. The van der Waals surface area contributed by atoms with Crippen molar-refractivity contribution in [3.8, 4) is 0 Å². The van der Waals surface area contributed by atoms with E-state index in [0.29, 0.717) is 18.8 Å². The van der Waals surface area contributed by atoms with Gasteiger partial charge in [-0.1, -0.05) is 0 Å². The lowest BCUT2D eigenvalue weighted by molar-refractivity contribution is -0.116. The van der Waals surface area contributed by atoms with Crippen LogP contribution in [0.3, 0.4) is 0 Å². The lowest BCUT2D eigenvalue weighted by Gasteiger charge is -2.15. The molecular formula is C18H21N3O5S. The monoisotopic (exact) mass is 391 g/mol. The van der Waals surface area contributed by atoms with Gasteiger partial charge in [0.1, 0.15) is 0 Å². The van der Waals surface area contributed by atoms with E-state index in [1.807, 2.05) is 0 Å². The van der Waals surface area contributed by atoms with Gasteiger partial charge in [-0.2, -0.15) is 4.31 Å². The summed E-state index contributed by atoms with van der Waals surface area (Å²) in [6, 6.07) is 9.23. The highest BCUT2D eigenvalue weighted by atomic mass is 32.2. The lowest BCUT2D eigenvalue weighted by Crippen LogP contribution is -2.28. The molecule has 2 aromatic rings. The van der Waals surface area contributed by atoms with Crippen LogP contribution in [0, 0.1) is 0 Å². The molecule has 1 aliphatic heterocycles. The van der Waals surface area contributed by atoms with Crippen LogP contribution in [-0.4, -0.2) is 44.2 Å². The summed E-state index contributed by atoms with van der Waals surface area (Å²) in [6.45, 7) is 1.25. The standard InChI is InChI=1S/C18H21N3O5S/c22-17(9-10-19-18(23)16-4-3-13-26-16)20-14-5-7-15(8-6-14)27(24,25)21-11-1-2-12-21/h3-8,13H,1-2,9-12H2,(H,19,23)(H,20,22). The number of benzene rings is 1. The topological polar surface area (TPSA) is 109 Å². The highest BCUT2D eigenvalue weighted by molar-refractivity contribution is 7.89. The van der Waals surface area contributed by atoms with Crippen molar-refractivity contribution in [1.29, 1.82) is 0 Å². The minimum atomic E-state index is -3.46. The molecule has 8 nitrogen and oxygen atoms in total. The van der Waals surface area contributed by atoms with Crippen LogP contribution in [0.4, 0.5) is 5.69 Å². The van der Waals surface area contributed by atoms with Crippen molar-refractivity contribution in [2.24, 2.45) is 0 Å².